The summed E-state index contributed by atoms with van der Waals surface area (Å²) in [5.74, 6) is -0.386. The number of aromatic nitrogens is 1. The molecule has 2 aromatic rings. The Bertz CT molecular complexity index is 739. The van der Waals surface area contributed by atoms with Gasteiger partial charge in [0.05, 0.1) is 13.2 Å². The number of esters is 1. The predicted octanol–water partition coefficient (Wildman–Crippen LogP) is 4.59. The van der Waals surface area contributed by atoms with E-state index in [9.17, 15) is 4.79 Å². The second-order valence-electron chi connectivity index (χ2n) is 4.77. The van der Waals surface area contributed by atoms with Gasteiger partial charge in [-0.15, -0.1) is 0 Å². The van der Waals surface area contributed by atoms with Gasteiger partial charge in [-0.05, 0) is 53.6 Å². The van der Waals surface area contributed by atoms with Gasteiger partial charge in [0.25, 0.3) is 0 Å². The third kappa shape index (κ3) is 2.88. The van der Waals surface area contributed by atoms with Crippen LogP contribution in [0.15, 0.2) is 24.3 Å². The molecule has 1 aromatic heterocycles. The zero-order chi connectivity index (χ0) is 16.3. The third-order valence-corrected chi connectivity index (χ3v) is 4.25. The normalized spacial score (nSPS) is 10.3. The van der Waals surface area contributed by atoms with Gasteiger partial charge in [-0.3, -0.25) is 0 Å². The maximum atomic E-state index is 12.4. The first kappa shape index (κ1) is 16.6. The van der Waals surface area contributed by atoms with E-state index in [1.807, 2.05) is 38.2 Å². The van der Waals surface area contributed by atoms with Crippen LogP contribution in [0, 0.1) is 10.1 Å². The molecule has 0 aliphatic heterocycles. The van der Waals surface area contributed by atoms with Gasteiger partial charge in [0, 0.05) is 21.9 Å². The van der Waals surface area contributed by atoms with Gasteiger partial charge in [-0.25, -0.2) is 9.64 Å². The van der Waals surface area contributed by atoms with E-state index in [0.717, 1.165) is 14.8 Å². The molecule has 2 rings (SSSR count). The van der Waals surface area contributed by atoms with Crippen LogP contribution in [0.2, 0.25) is 0 Å². The maximum absolute atomic E-state index is 12.4. The molecule has 0 bridgehead atoms. The SMILES string of the molecule is [C-]#[N+]c1c(-c2ccc(I)cc2)c(C(=O)OCC)n(C)c1CC. The summed E-state index contributed by atoms with van der Waals surface area (Å²) in [6, 6.07) is 7.82. The third-order valence-electron chi connectivity index (χ3n) is 3.54. The molecule has 0 fully saturated rings. The predicted molar refractivity (Wildman–Crippen MR) is 95.2 cm³/mol. The molecule has 0 N–H and O–H groups in total. The van der Waals surface area contributed by atoms with Crippen LogP contribution in [0.1, 0.15) is 30.0 Å². The lowest BCUT2D eigenvalue weighted by molar-refractivity contribution is 0.0516. The highest BCUT2D eigenvalue weighted by Crippen LogP contribution is 2.39. The molecule has 0 radical (unpaired) electrons. The van der Waals surface area contributed by atoms with Crippen molar-refractivity contribution >= 4 is 34.2 Å². The van der Waals surface area contributed by atoms with E-state index in [1.165, 1.54) is 0 Å². The number of hydrogen-bond donors (Lipinski definition) is 0. The van der Waals surface area contributed by atoms with Crippen LogP contribution >= 0.6 is 22.6 Å². The Morgan fingerprint density at radius 3 is 2.45 bits per heavy atom. The van der Waals surface area contributed by atoms with E-state index < -0.39 is 0 Å². The second kappa shape index (κ2) is 6.97. The number of carbonyl (C=O) groups is 1. The number of rotatable bonds is 4. The molecule has 0 unspecified atom stereocenters. The van der Waals surface area contributed by atoms with E-state index in [4.69, 9.17) is 11.3 Å². The van der Waals surface area contributed by atoms with E-state index in [-0.39, 0.29) is 5.97 Å². The van der Waals surface area contributed by atoms with Crippen LogP contribution in [0.4, 0.5) is 5.69 Å². The fraction of sp³-hybridized carbons (Fsp3) is 0.294. The molecule has 0 saturated carbocycles. The summed E-state index contributed by atoms with van der Waals surface area (Å²) in [7, 11) is 1.82. The molecule has 0 atom stereocenters. The summed E-state index contributed by atoms with van der Waals surface area (Å²) in [4.78, 5) is 16.1. The van der Waals surface area contributed by atoms with Gasteiger partial charge in [0.1, 0.15) is 5.69 Å². The van der Waals surface area contributed by atoms with Crippen LogP contribution in [0.5, 0.6) is 0 Å². The van der Waals surface area contributed by atoms with E-state index in [2.05, 4.69) is 27.4 Å². The quantitative estimate of drug-likeness (QED) is 0.422. The van der Waals surface area contributed by atoms with Gasteiger partial charge < -0.3 is 9.30 Å². The second-order valence-corrected chi connectivity index (χ2v) is 6.02. The maximum Gasteiger partial charge on any atom is 0.354 e. The van der Waals surface area contributed by atoms with Crippen molar-refractivity contribution in [3.63, 3.8) is 0 Å². The lowest BCUT2D eigenvalue weighted by atomic mass is 10.0. The Labute approximate surface area is 144 Å². The molecule has 1 heterocycles. The zero-order valence-corrected chi connectivity index (χ0v) is 15.0. The Kier molecular flexibility index (Phi) is 5.24. The average Bonchev–Trinajstić information content (AvgIpc) is 2.80. The van der Waals surface area contributed by atoms with Crippen molar-refractivity contribution in [2.24, 2.45) is 7.05 Å². The molecular weight excluding hydrogens is 391 g/mol. The Balaban J connectivity index is 2.77. The largest absolute Gasteiger partial charge is 0.461 e. The van der Waals surface area contributed by atoms with Crippen LogP contribution in [-0.2, 0) is 18.2 Å². The molecule has 22 heavy (non-hydrogen) atoms. The van der Waals surface area contributed by atoms with Crippen LogP contribution in [-0.4, -0.2) is 17.1 Å². The molecule has 5 heteroatoms. The van der Waals surface area contributed by atoms with Gasteiger partial charge in [-0.1, -0.05) is 19.1 Å². The highest BCUT2D eigenvalue weighted by Gasteiger charge is 2.26. The average molecular weight is 408 g/mol. The topological polar surface area (TPSA) is 35.6 Å². The Morgan fingerprint density at radius 2 is 1.95 bits per heavy atom. The van der Waals surface area contributed by atoms with E-state index >= 15 is 0 Å². The summed E-state index contributed by atoms with van der Waals surface area (Å²) in [6.07, 6.45) is 0.686. The molecule has 4 nitrogen and oxygen atoms in total. The fourth-order valence-electron chi connectivity index (χ4n) is 2.57. The fourth-order valence-corrected chi connectivity index (χ4v) is 2.93. The lowest BCUT2D eigenvalue weighted by Gasteiger charge is -2.09. The smallest absolute Gasteiger partial charge is 0.354 e. The minimum absolute atomic E-state index is 0.310. The molecule has 0 saturated heterocycles. The van der Waals surface area contributed by atoms with Crippen molar-refractivity contribution in [3.8, 4) is 11.1 Å². The Hall–Kier alpha value is -1.81. The van der Waals surface area contributed by atoms with Crippen molar-refractivity contribution in [1.82, 2.24) is 4.57 Å². The minimum Gasteiger partial charge on any atom is -0.461 e. The number of carbonyl (C=O) groups excluding carboxylic acids is 1. The number of ether oxygens (including phenoxy) is 1. The summed E-state index contributed by atoms with van der Waals surface area (Å²) in [5, 5.41) is 0. The minimum atomic E-state index is -0.386. The molecule has 0 amide bonds. The molecule has 0 aliphatic rings. The van der Waals surface area contributed by atoms with Crippen molar-refractivity contribution in [3.05, 3.63) is 50.6 Å². The highest BCUT2D eigenvalue weighted by molar-refractivity contribution is 14.1. The first-order valence-corrected chi connectivity index (χ1v) is 8.15. The van der Waals surface area contributed by atoms with Crippen molar-refractivity contribution in [1.29, 1.82) is 0 Å². The van der Waals surface area contributed by atoms with Crippen molar-refractivity contribution in [2.45, 2.75) is 20.3 Å². The van der Waals surface area contributed by atoms with Gasteiger partial charge >= 0.3 is 5.97 Å². The summed E-state index contributed by atoms with van der Waals surface area (Å²) < 4.78 is 8.08. The summed E-state index contributed by atoms with van der Waals surface area (Å²) in [5.41, 5.74) is 3.38. The van der Waals surface area contributed by atoms with Gasteiger partial charge in [-0.2, -0.15) is 0 Å². The standard InChI is InChI=1S/C17H17IN2O2/c1-5-13-15(19-3)14(11-7-9-12(18)10-8-11)16(20(13)4)17(21)22-6-2/h7-10H,5-6H2,1-2,4H3. The number of hydrogen-bond acceptors (Lipinski definition) is 2. The van der Waals surface area contributed by atoms with Crippen molar-refractivity contribution < 1.29 is 9.53 Å². The Morgan fingerprint density at radius 1 is 1.32 bits per heavy atom. The van der Waals surface area contributed by atoms with Crippen LogP contribution in [0.25, 0.3) is 16.0 Å². The molecule has 0 aliphatic carbocycles. The number of halogens is 1. The van der Waals surface area contributed by atoms with Crippen LogP contribution in [0.3, 0.4) is 0 Å². The highest BCUT2D eigenvalue weighted by atomic mass is 127. The summed E-state index contributed by atoms with van der Waals surface area (Å²) in [6.45, 7) is 11.6. The van der Waals surface area contributed by atoms with E-state index in [0.29, 0.717) is 30.0 Å². The number of nitrogens with zero attached hydrogens (tertiary/aromatic N) is 2. The lowest BCUT2D eigenvalue weighted by Crippen LogP contribution is -2.12. The molecule has 114 valence electrons. The summed E-state index contributed by atoms with van der Waals surface area (Å²) >= 11 is 2.23. The van der Waals surface area contributed by atoms with Crippen molar-refractivity contribution in [2.75, 3.05) is 6.61 Å². The molecule has 0 spiro atoms. The van der Waals surface area contributed by atoms with Crippen LogP contribution < -0.4 is 0 Å². The van der Waals surface area contributed by atoms with Gasteiger partial charge in [0.2, 0.25) is 5.69 Å². The first-order valence-electron chi connectivity index (χ1n) is 7.07. The monoisotopic (exact) mass is 408 g/mol. The molecular formula is C17H17IN2O2. The first-order chi connectivity index (χ1) is 10.5. The van der Waals surface area contributed by atoms with E-state index in [1.54, 1.807) is 11.5 Å². The molecule has 1 aromatic carbocycles. The number of benzene rings is 1. The zero-order valence-electron chi connectivity index (χ0n) is 12.8. The van der Waals surface area contributed by atoms with Gasteiger partial charge in [0.15, 0.2) is 0 Å².